The van der Waals surface area contributed by atoms with Gasteiger partial charge in [-0.25, -0.2) is 4.98 Å². The van der Waals surface area contributed by atoms with Crippen LogP contribution in [0, 0.1) is 18.3 Å². The Morgan fingerprint density at radius 2 is 2.00 bits per heavy atom. The van der Waals surface area contributed by atoms with E-state index in [2.05, 4.69) is 24.1 Å². The molecule has 0 amide bonds. The van der Waals surface area contributed by atoms with Gasteiger partial charge in [0.25, 0.3) is 0 Å². The summed E-state index contributed by atoms with van der Waals surface area (Å²) in [5, 5.41) is 3.46. The number of rotatable bonds is 4. The standard InChI is InChI=1S/C15H25N3/c1-11-13(16)8-9-14(18-11)17-10-15(2,3)12-6-4-5-7-12/h8-9,12H,4-7,10,16H2,1-3H3,(H,17,18). The number of nitrogens with one attached hydrogen (secondary N) is 1. The van der Waals surface area contributed by atoms with Crippen LogP contribution in [0.5, 0.6) is 0 Å². The third-order valence-electron chi connectivity index (χ3n) is 4.31. The summed E-state index contributed by atoms with van der Waals surface area (Å²) < 4.78 is 0. The van der Waals surface area contributed by atoms with Gasteiger partial charge in [-0.3, -0.25) is 0 Å². The number of hydrogen-bond donors (Lipinski definition) is 2. The first kappa shape index (κ1) is 13.2. The van der Waals surface area contributed by atoms with Gasteiger partial charge in [-0.15, -0.1) is 0 Å². The van der Waals surface area contributed by atoms with Crippen LogP contribution in [0.3, 0.4) is 0 Å². The van der Waals surface area contributed by atoms with Gasteiger partial charge in [0.05, 0.1) is 11.4 Å². The molecule has 0 aliphatic heterocycles. The molecule has 1 aromatic rings. The quantitative estimate of drug-likeness (QED) is 0.854. The molecule has 2 rings (SSSR count). The number of hydrogen-bond acceptors (Lipinski definition) is 3. The zero-order chi connectivity index (χ0) is 13.2. The molecule has 0 radical (unpaired) electrons. The molecule has 1 saturated carbocycles. The second kappa shape index (κ2) is 5.17. The van der Waals surface area contributed by atoms with Crippen molar-refractivity contribution < 1.29 is 0 Å². The number of nitrogen functional groups attached to an aromatic ring is 1. The van der Waals surface area contributed by atoms with E-state index in [0.29, 0.717) is 5.41 Å². The normalized spacial score (nSPS) is 17.1. The van der Waals surface area contributed by atoms with Gasteiger partial charge in [-0.1, -0.05) is 26.7 Å². The summed E-state index contributed by atoms with van der Waals surface area (Å²) >= 11 is 0. The molecule has 0 atom stereocenters. The smallest absolute Gasteiger partial charge is 0.126 e. The Hall–Kier alpha value is -1.25. The van der Waals surface area contributed by atoms with E-state index in [1.54, 1.807) is 0 Å². The molecule has 0 aromatic carbocycles. The van der Waals surface area contributed by atoms with Gasteiger partial charge < -0.3 is 11.1 Å². The van der Waals surface area contributed by atoms with Crippen LogP contribution in [-0.2, 0) is 0 Å². The second-order valence-electron chi connectivity index (χ2n) is 6.19. The fraction of sp³-hybridized carbons (Fsp3) is 0.667. The molecule has 0 bridgehead atoms. The summed E-state index contributed by atoms with van der Waals surface area (Å²) in [5.74, 6) is 1.78. The van der Waals surface area contributed by atoms with E-state index in [9.17, 15) is 0 Å². The van der Waals surface area contributed by atoms with E-state index in [-0.39, 0.29) is 0 Å². The van der Waals surface area contributed by atoms with Gasteiger partial charge in [0.15, 0.2) is 0 Å². The van der Waals surface area contributed by atoms with Gasteiger partial charge in [0, 0.05) is 6.54 Å². The van der Waals surface area contributed by atoms with Crippen molar-refractivity contribution in [3.8, 4) is 0 Å². The predicted octanol–water partition coefficient (Wildman–Crippen LogP) is 3.60. The molecular formula is C15H25N3. The first-order valence-electron chi connectivity index (χ1n) is 6.96. The van der Waals surface area contributed by atoms with Crippen LogP contribution in [0.1, 0.15) is 45.2 Å². The van der Waals surface area contributed by atoms with Crippen molar-refractivity contribution in [1.29, 1.82) is 0 Å². The van der Waals surface area contributed by atoms with Crippen LogP contribution >= 0.6 is 0 Å². The largest absolute Gasteiger partial charge is 0.397 e. The summed E-state index contributed by atoms with van der Waals surface area (Å²) in [6.07, 6.45) is 5.55. The van der Waals surface area contributed by atoms with Crippen molar-refractivity contribution in [3.63, 3.8) is 0 Å². The number of nitrogens with two attached hydrogens (primary N) is 1. The van der Waals surface area contributed by atoms with E-state index in [1.807, 2.05) is 19.1 Å². The molecule has 100 valence electrons. The average Bonchev–Trinajstić information content (AvgIpc) is 2.85. The maximum absolute atomic E-state index is 5.78. The lowest BCUT2D eigenvalue weighted by molar-refractivity contribution is 0.234. The van der Waals surface area contributed by atoms with Crippen molar-refractivity contribution in [1.82, 2.24) is 4.98 Å². The molecule has 1 aliphatic carbocycles. The Kier molecular flexibility index (Phi) is 3.79. The molecular weight excluding hydrogens is 222 g/mol. The zero-order valence-electron chi connectivity index (χ0n) is 11.8. The first-order valence-corrected chi connectivity index (χ1v) is 6.96. The van der Waals surface area contributed by atoms with Gasteiger partial charge in [-0.05, 0) is 43.2 Å². The molecule has 1 fully saturated rings. The summed E-state index contributed by atoms with van der Waals surface area (Å²) in [6, 6.07) is 3.89. The van der Waals surface area contributed by atoms with Crippen LogP contribution in [0.2, 0.25) is 0 Å². The molecule has 1 heterocycles. The fourth-order valence-corrected chi connectivity index (χ4v) is 2.84. The Morgan fingerprint density at radius 3 is 2.61 bits per heavy atom. The Morgan fingerprint density at radius 1 is 1.33 bits per heavy atom. The van der Waals surface area contributed by atoms with E-state index in [0.717, 1.165) is 29.7 Å². The summed E-state index contributed by atoms with van der Waals surface area (Å²) in [5.41, 5.74) is 7.78. The van der Waals surface area contributed by atoms with Crippen molar-refractivity contribution in [3.05, 3.63) is 17.8 Å². The number of anilines is 2. The van der Waals surface area contributed by atoms with Gasteiger partial charge >= 0.3 is 0 Å². The van der Waals surface area contributed by atoms with Gasteiger partial charge in [0.2, 0.25) is 0 Å². The van der Waals surface area contributed by atoms with Crippen molar-refractivity contribution in [2.24, 2.45) is 11.3 Å². The Bertz CT molecular complexity index is 406. The molecule has 0 saturated heterocycles. The van der Waals surface area contributed by atoms with Crippen LogP contribution in [0.25, 0.3) is 0 Å². The third kappa shape index (κ3) is 2.95. The monoisotopic (exact) mass is 247 g/mol. The van der Waals surface area contributed by atoms with E-state index >= 15 is 0 Å². The molecule has 0 unspecified atom stereocenters. The van der Waals surface area contributed by atoms with Gasteiger partial charge in [0.1, 0.15) is 5.82 Å². The highest BCUT2D eigenvalue weighted by atomic mass is 15.0. The molecule has 0 spiro atoms. The molecule has 3 heteroatoms. The van der Waals surface area contributed by atoms with E-state index < -0.39 is 0 Å². The minimum atomic E-state index is 0.341. The molecule has 1 aliphatic rings. The van der Waals surface area contributed by atoms with E-state index in [1.165, 1.54) is 25.7 Å². The Labute approximate surface area is 110 Å². The molecule has 1 aromatic heterocycles. The van der Waals surface area contributed by atoms with E-state index in [4.69, 9.17) is 5.73 Å². The Balaban J connectivity index is 1.95. The zero-order valence-corrected chi connectivity index (χ0v) is 11.8. The van der Waals surface area contributed by atoms with Gasteiger partial charge in [-0.2, -0.15) is 0 Å². The molecule has 3 N–H and O–H groups in total. The number of nitrogens with zero attached hydrogens (tertiary/aromatic N) is 1. The highest BCUT2D eigenvalue weighted by molar-refractivity contribution is 5.49. The highest BCUT2D eigenvalue weighted by Crippen LogP contribution is 2.39. The van der Waals surface area contributed by atoms with Crippen LogP contribution < -0.4 is 11.1 Å². The first-order chi connectivity index (χ1) is 8.49. The lowest BCUT2D eigenvalue weighted by atomic mass is 9.78. The predicted molar refractivity (Wildman–Crippen MR) is 77.6 cm³/mol. The highest BCUT2D eigenvalue weighted by Gasteiger charge is 2.31. The van der Waals surface area contributed by atoms with Crippen LogP contribution in [0.15, 0.2) is 12.1 Å². The van der Waals surface area contributed by atoms with Crippen LogP contribution in [-0.4, -0.2) is 11.5 Å². The number of aryl methyl sites for hydroxylation is 1. The van der Waals surface area contributed by atoms with Crippen LogP contribution in [0.4, 0.5) is 11.5 Å². The lowest BCUT2D eigenvalue weighted by Crippen LogP contribution is -2.30. The third-order valence-corrected chi connectivity index (χ3v) is 4.31. The number of aromatic nitrogens is 1. The van der Waals surface area contributed by atoms with Crippen molar-refractivity contribution in [2.75, 3.05) is 17.6 Å². The molecule has 3 nitrogen and oxygen atoms in total. The summed E-state index contributed by atoms with van der Waals surface area (Å²) in [4.78, 5) is 4.47. The maximum atomic E-state index is 5.78. The minimum absolute atomic E-state index is 0.341. The SMILES string of the molecule is Cc1nc(NCC(C)(C)C2CCCC2)ccc1N. The summed E-state index contributed by atoms with van der Waals surface area (Å²) in [7, 11) is 0. The van der Waals surface area contributed by atoms with Crippen molar-refractivity contribution in [2.45, 2.75) is 46.5 Å². The lowest BCUT2D eigenvalue weighted by Gasteiger charge is -2.32. The topological polar surface area (TPSA) is 50.9 Å². The molecule has 18 heavy (non-hydrogen) atoms. The second-order valence-corrected chi connectivity index (χ2v) is 6.19. The fourth-order valence-electron chi connectivity index (χ4n) is 2.84. The minimum Gasteiger partial charge on any atom is -0.397 e. The van der Waals surface area contributed by atoms with Crippen molar-refractivity contribution >= 4 is 11.5 Å². The number of pyridine rings is 1. The average molecular weight is 247 g/mol. The summed E-state index contributed by atoms with van der Waals surface area (Å²) in [6.45, 7) is 7.65. The maximum Gasteiger partial charge on any atom is 0.126 e.